The fraction of sp³-hybridized carbons (Fsp3) is 0. The Balaban J connectivity index is 0.854. The molecule has 0 amide bonds. The number of nitrogens with zero attached hydrogens (tertiary/aromatic N) is 4. The Bertz CT molecular complexity index is 4270. The van der Waals surface area contributed by atoms with Crippen molar-refractivity contribution in [2.24, 2.45) is 0 Å². The molecule has 0 atom stereocenters. The molecular formula is C66H42N4S2. The predicted octanol–water partition coefficient (Wildman–Crippen LogP) is 19.6. The summed E-state index contributed by atoms with van der Waals surface area (Å²) >= 11 is 3.76. The van der Waals surface area contributed by atoms with E-state index in [-0.39, 0.29) is 0 Å². The molecule has 0 radical (unpaired) electrons. The second-order valence-corrected chi connectivity index (χ2v) is 20.7. The van der Waals surface area contributed by atoms with Gasteiger partial charge in [-0.2, -0.15) is 0 Å². The molecular weight excluding hydrogens is 913 g/mol. The fourth-order valence-corrected chi connectivity index (χ4v) is 13.5. The Morgan fingerprint density at radius 1 is 0.222 bits per heavy atom. The minimum absolute atomic E-state index is 1.12. The monoisotopic (exact) mass is 954 g/mol. The number of thiophene rings is 2. The topological polar surface area (TPSA) is 16.3 Å². The van der Waals surface area contributed by atoms with Gasteiger partial charge in [-0.05, 0) is 146 Å². The van der Waals surface area contributed by atoms with Crippen molar-refractivity contribution in [1.29, 1.82) is 0 Å². The lowest BCUT2D eigenvalue weighted by molar-refractivity contribution is 1.18. The molecule has 0 saturated carbocycles. The van der Waals surface area contributed by atoms with E-state index < -0.39 is 0 Å². The van der Waals surface area contributed by atoms with Gasteiger partial charge < -0.3 is 18.9 Å². The van der Waals surface area contributed by atoms with E-state index in [1.807, 2.05) is 22.7 Å². The number of rotatable bonds is 8. The van der Waals surface area contributed by atoms with Gasteiger partial charge in [0.05, 0.1) is 22.1 Å². The third-order valence-corrected chi connectivity index (χ3v) is 16.7. The molecule has 72 heavy (non-hydrogen) atoms. The molecule has 0 spiro atoms. The summed E-state index contributed by atoms with van der Waals surface area (Å²) in [6, 6.07) is 93.3. The molecule has 4 aromatic heterocycles. The SMILES string of the molecule is c1ccc(N(c2ccc3sc4cc5c(cc4c3c2)sc2ccc(N(c3ccccc3)c3ccc4c(c3)c3ccccc3n4-c3ccccc3)cc25)c2ccc3c(c2)c2ccccc2n3-c2ccccc2)cc1. The summed E-state index contributed by atoms with van der Waals surface area (Å²) in [6.45, 7) is 0. The Morgan fingerprint density at radius 2 is 0.542 bits per heavy atom. The van der Waals surface area contributed by atoms with Crippen molar-refractivity contribution in [3.05, 3.63) is 255 Å². The summed E-state index contributed by atoms with van der Waals surface area (Å²) in [5, 5.41) is 10.1. The summed E-state index contributed by atoms with van der Waals surface area (Å²) in [5.74, 6) is 0. The van der Waals surface area contributed by atoms with Crippen LogP contribution in [-0.4, -0.2) is 9.13 Å². The molecule has 0 aliphatic carbocycles. The average molecular weight is 955 g/mol. The lowest BCUT2D eigenvalue weighted by atomic mass is 10.1. The molecule has 0 saturated heterocycles. The van der Waals surface area contributed by atoms with Gasteiger partial charge >= 0.3 is 0 Å². The first-order valence-electron chi connectivity index (χ1n) is 24.4. The third-order valence-electron chi connectivity index (χ3n) is 14.4. The summed E-state index contributed by atoms with van der Waals surface area (Å²) in [4.78, 5) is 4.82. The number of hydrogen-bond acceptors (Lipinski definition) is 4. The van der Waals surface area contributed by atoms with Gasteiger partial charge in [0.15, 0.2) is 0 Å². The van der Waals surface area contributed by atoms with Crippen molar-refractivity contribution in [3.63, 3.8) is 0 Å². The normalized spacial score (nSPS) is 11.9. The molecule has 15 rings (SSSR count). The molecule has 15 aromatic rings. The van der Waals surface area contributed by atoms with Gasteiger partial charge in [-0.1, -0.05) is 109 Å². The van der Waals surface area contributed by atoms with E-state index in [1.54, 1.807) is 0 Å². The van der Waals surface area contributed by atoms with Gasteiger partial charge in [-0.25, -0.2) is 0 Å². The zero-order valence-electron chi connectivity index (χ0n) is 38.9. The largest absolute Gasteiger partial charge is 0.310 e. The molecule has 4 nitrogen and oxygen atoms in total. The molecule has 0 aliphatic heterocycles. The highest BCUT2D eigenvalue weighted by Crippen LogP contribution is 2.47. The van der Waals surface area contributed by atoms with E-state index in [0.29, 0.717) is 0 Å². The molecule has 338 valence electrons. The van der Waals surface area contributed by atoms with Gasteiger partial charge in [0.1, 0.15) is 0 Å². The van der Waals surface area contributed by atoms with Crippen LogP contribution in [0, 0.1) is 0 Å². The number of para-hydroxylation sites is 6. The highest BCUT2D eigenvalue weighted by atomic mass is 32.1. The molecule has 11 aromatic carbocycles. The maximum Gasteiger partial charge on any atom is 0.0542 e. The van der Waals surface area contributed by atoms with E-state index in [0.717, 1.165) is 45.5 Å². The summed E-state index contributed by atoms with van der Waals surface area (Å²) < 4.78 is 9.91. The van der Waals surface area contributed by atoms with Crippen molar-refractivity contribution in [3.8, 4) is 11.4 Å². The summed E-state index contributed by atoms with van der Waals surface area (Å²) in [7, 11) is 0. The van der Waals surface area contributed by atoms with E-state index in [9.17, 15) is 0 Å². The fourth-order valence-electron chi connectivity index (χ4n) is 11.3. The van der Waals surface area contributed by atoms with Gasteiger partial charge in [0.25, 0.3) is 0 Å². The van der Waals surface area contributed by atoms with Crippen molar-refractivity contribution in [2.45, 2.75) is 0 Å². The first kappa shape index (κ1) is 40.9. The quantitative estimate of drug-likeness (QED) is 0.151. The average Bonchev–Trinajstić information content (AvgIpc) is 4.18. The van der Waals surface area contributed by atoms with Crippen molar-refractivity contribution in [1.82, 2.24) is 9.13 Å². The van der Waals surface area contributed by atoms with E-state index in [4.69, 9.17) is 0 Å². The Morgan fingerprint density at radius 3 is 0.958 bits per heavy atom. The second-order valence-electron chi connectivity index (χ2n) is 18.5. The Labute approximate surface area is 423 Å². The van der Waals surface area contributed by atoms with Crippen LogP contribution in [-0.2, 0) is 0 Å². The minimum Gasteiger partial charge on any atom is -0.310 e. The zero-order chi connectivity index (χ0) is 47.3. The molecule has 6 heteroatoms. The van der Waals surface area contributed by atoms with E-state index in [1.165, 1.54) is 84.0 Å². The van der Waals surface area contributed by atoms with Crippen LogP contribution in [0.15, 0.2) is 255 Å². The molecule has 0 bridgehead atoms. The lowest BCUT2D eigenvalue weighted by Gasteiger charge is -2.26. The number of fused-ring (bicyclic) bond motifs is 12. The first-order chi connectivity index (χ1) is 35.7. The highest BCUT2D eigenvalue weighted by Gasteiger charge is 2.21. The van der Waals surface area contributed by atoms with Crippen molar-refractivity contribution in [2.75, 3.05) is 9.80 Å². The number of hydrogen-bond donors (Lipinski definition) is 0. The van der Waals surface area contributed by atoms with E-state index >= 15 is 0 Å². The predicted molar refractivity (Wildman–Crippen MR) is 310 cm³/mol. The minimum atomic E-state index is 1.12. The van der Waals surface area contributed by atoms with Crippen LogP contribution >= 0.6 is 22.7 Å². The number of anilines is 6. The van der Waals surface area contributed by atoms with Crippen LogP contribution in [0.5, 0.6) is 0 Å². The maximum absolute atomic E-state index is 2.44. The highest BCUT2D eigenvalue weighted by molar-refractivity contribution is 7.27. The Hall–Kier alpha value is -8.94. The molecule has 0 unspecified atom stereocenters. The number of aromatic nitrogens is 2. The van der Waals surface area contributed by atoms with Crippen LogP contribution in [0.3, 0.4) is 0 Å². The van der Waals surface area contributed by atoms with Crippen LogP contribution in [0.25, 0.3) is 95.3 Å². The Kier molecular flexibility index (Phi) is 9.27. The first-order valence-corrected chi connectivity index (χ1v) is 26.0. The van der Waals surface area contributed by atoms with Gasteiger partial charge in [-0.15, -0.1) is 22.7 Å². The summed E-state index contributed by atoms with van der Waals surface area (Å²) in [6.07, 6.45) is 0. The standard InChI is InChI=1S/C66H42N4S2/c1-5-17-43(18-6-1)67(47-29-33-61-53(37-47)51-25-13-15-27-59(51)69(61)45-21-9-3-10-22-45)49-31-35-63-55(39-49)57-41-66-58(42-65(57)71-63)56-40-50(32-36-64(56)72-66)68(44-19-7-2-8-20-44)48-30-34-62-54(38-48)52-26-14-16-28-60(52)70(62)46-23-11-4-12-24-46/h1-42H. The van der Waals surface area contributed by atoms with E-state index in [2.05, 4.69) is 274 Å². The molecule has 0 N–H and O–H groups in total. The third kappa shape index (κ3) is 6.43. The second kappa shape index (κ2) is 16.3. The van der Waals surface area contributed by atoms with Crippen LogP contribution < -0.4 is 9.80 Å². The summed E-state index contributed by atoms with van der Waals surface area (Å²) in [5.41, 5.74) is 13.8. The molecule has 0 aliphatic rings. The van der Waals surface area contributed by atoms with Crippen LogP contribution in [0.4, 0.5) is 34.1 Å². The molecule has 0 fully saturated rings. The zero-order valence-corrected chi connectivity index (χ0v) is 40.5. The molecule has 4 heterocycles. The van der Waals surface area contributed by atoms with Gasteiger partial charge in [0.2, 0.25) is 0 Å². The van der Waals surface area contributed by atoms with Gasteiger partial charge in [-0.3, -0.25) is 0 Å². The van der Waals surface area contributed by atoms with Crippen molar-refractivity contribution < 1.29 is 0 Å². The number of benzene rings is 11. The maximum atomic E-state index is 2.44. The lowest BCUT2D eigenvalue weighted by Crippen LogP contribution is -2.09. The van der Waals surface area contributed by atoms with Gasteiger partial charge in [0, 0.05) is 107 Å². The van der Waals surface area contributed by atoms with Crippen molar-refractivity contribution >= 4 is 141 Å². The smallest absolute Gasteiger partial charge is 0.0542 e. The van der Waals surface area contributed by atoms with Crippen LogP contribution in [0.2, 0.25) is 0 Å². The van der Waals surface area contributed by atoms with Crippen LogP contribution in [0.1, 0.15) is 0 Å².